The Hall–Kier alpha value is -5.92. The summed E-state index contributed by atoms with van der Waals surface area (Å²) in [5.41, 5.74) is 10.7. The first-order valence-corrected chi connectivity index (χ1v) is 15.4. The number of hydrogen-bond donors (Lipinski definition) is 0. The minimum Gasteiger partial charge on any atom is -0.309 e. The monoisotopic (exact) mass is 573 g/mol. The molecular weight excluding hydrogens is 542 g/mol. The van der Waals surface area contributed by atoms with Crippen LogP contribution in [0.5, 0.6) is 0 Å². The first kappa shape index (κ1) is 26.7. The fourth-order valence-electron chi connectivity index (χ4n) is 6.45. The standard InChI is InChI=1S/C44H31N/c1-3-13-32(14-4-1)33-23-25-34(26-24-33)35-27-29-38(30-28-35)45(43-22-12-11-19-40(43)36-15-5-2-6-16-36)44-31-37-17-7-8-18-39(37)41-20-9-10-21-42(41)44/h1-31H. The number of nitrogens with zero attached hydrogens (tertiary/aromatic N) is 1. The molecule has 0 aliphatic rings. The topological polar surface area (TPSA) is 3.24 Å². The van der Waals surface area contributed by atoms with E-state index in [1.807, 2.05) is 0 Å². The molecular formula is C44H31N. The summed E-state index contributed by atoms with van der Waals surface area (Å²) in [7, 11) is 0. The van der Waals surface area contributed by atoms with E-state index in [-0.39, 0.29) is 0 Å². The molecule has 8 aromatic rings. The van der Waals surface area contributed by atoms with Crippen LogP contribution in [0.4, 0.5) is 17.1 Å². The molecule has 0 saturated heterocycles. The third-order valence-electron chi connectivity index (χ3n) is 8.67. The highest BCUT2D eigenvalue weighted by Gasteiger charge is 2.20. The lowest BCUT2D eigenvalue weighted by Crippen LogP contribution is -2.12. The van der Waals surface area contributed by atoms with Crippen molar-refractivity contribution in [1.29, 1.82) is 0 Å². The zero-order valence-electron chi connectivity index (χ0n) is 24.8. The van der Waals surface area contributed by atoms with Crippen molar-refractivity contribution in [3.63, 3.8) is 0 Å². The van der Waals surface area contributed by atoms with Gasteiger partial charge < -0.3 is 4.90 Å². The Balaban J connectivity index is 1.29. The predicted molar refractivity (Wildman–Crippen MR) is 192 cm³/mol. The molecule has 45 heavy (non-hydrogen) atoms. The molecule has 1 heteroatoms. The van der Waals surface area contributed by atoms with Crippen molar-refractivity contribution in [3.05, 3.63) is 188 Å². The maximum atomic E-state index is 2.43. The van der Waals surface area contributed by atoms with E-state index < -0.39 is 0 Å². The number of para-hydroxylation sites is 1. The lowest BCUT2D eigenvalue weighted by molar-refractivity contribution is 1.30. The normalized spacial score (nSPS) is 11.1. The molecule has 212 valence electrons. The fraction of sp³-hybridized carbons (Fsp3) is 0. The second-order valence-electron chi connectivity index (χ2n) is 11.4. The summed E-state index contributed by atoms with van der Waals surface area (Å²) in [4.78, 5) is 2.43. The fourth-order valence-corrected chi connectivity index (χ4v) is 6.45. The van der Waals surface area contributed by atoms with E-state index in [1.54, 1.807) is 0 Å². The van der Waals surface area contributed by atoms with Crippen LogP contribution in [0.2, 0.25) is 0 Å². The first-order chi connectivity index (χ1) is 22.3. The van der Waals surface area contributed by atoms with Crippen molar-refractivity contribution in [3.8, 4) is 33.4 Å². The van der Waals surface area contributed by atoms with E-state index in [0.29, 0.717) is 0 Å². The minimum atomic E-state index is 1.11. The number of hydrogen-bond acceptors (Lipinski definition) is 1. The molecule has 0 radical (unpaired) electrons. The van der Waals surface area contributed by atoms with Crippen LogP contribution in [0, 0.1) is 0 Å². The van der Waals surface area contributed by atoms with E-state index in [0.717, 1.165) is 17.1 Å². The lowest BCUT2D eigenvalue weighted by Gasteiger charge is -2.29. The van der Waals surface area contributed by atoms with Gasteiger partial charge in [-0.2, -0.15) is 0 Å². The van der Waals surface area contributed by atoms with Gasteiger partial charge in [-0.15, -0.1) is 0 Å². The summed E-state index contributed by atoms with van der Waals surface area (Å²) in [6, 6.07) is 67.6. The molecule has 0 heterocycles. The lowest BCUT2D eigenvalue weighted by atomic mass is 9.97. The van der Waals surface area contributed by atoms with Gasteiger partial charge in [0.1, 0.15) is 0 Å². The zero-order chi connectivity index (χ0) is 30.0. The summed E-state index contributed by atoms with van der Waals surface area (Å²) >= 11 is 0. The summed E-state index contributed by atoms with van der Waals surface area (Å²) < 4.78 is 0. The van der Waals surface area contributed by atoms with Crippen LogP contribution in [0.15, 0.2) is 188 Å². The van der Waals surface area contributed by atoms with Crippen LogP contribution >= 0.6 is 0 Å². The summed E-state index contributed by atoms with van der Waals surface area (Å²) in [6.45, 7) is 0. The molecule has 0 aliphatic carbocycles. The van der Waals surface area contributed by atoms with Crippen molar-refractivity contribution in [2.45, 2.75) is 0 Å². The van der Waals surface area contributed by atoms with Gasteiger partial charge in [-0.3, -0.25) is 0 Å². The van der Waals surface area contributed by atoms with E-state index >= 15 is 0 Å². The molecule has 0 spiro atoms. The van der Waals surface area contributed by atoms with Gasteiger partial charge in [0, 0.05) is 16.6 Å². The summed E-state index contributed by atoms with van der Waals surface area (Å²) in [5.74, 6) is 0. The Labute approximate surface area is 264 Å². The van der Waals surface area contributed by atoms with Gasteiger partial charge in [0.05, 0.1) is 11.4 Å². The molecule has 0 bridgehead atoms. The van der Waals surface area contributed by atoms with Crippen LogP contribution in [0.25, 0.3) is 54.9 Å². The van der Waals surface area contributed by atoms with Gasteiger partial charge in [-0.25, -0.2) is 0 Å². The molecule has 0 aliphatic heterocycles. The van der Waals surface area contributed by atoms with Crippen LogP contribution in [-0.4, -0.2) is 0 Å². The second-order valence-corrected chi connectivity index (χ2v) is 11.4. The number of benzene rings is 8. The molecule has 8 rings (SSSR count). The average Bonchev–Trinajstić information content (AvgIpc) is 3.13. The zero-order valence-corrected chi connectivity index (χ0v) is 24.8. The van der Waals surface area contributed by atoms with Gasteiger partial charge in [-0.05, 0) is 68.2 Å². The van der Waals surface area contributed by atoms with E-state index in [9.17, 15) is 0 Å². The minimum absolute atomic E-state index is 1.11. The van der Waals surface area contributed by atoms with Gasteiger partial charge in [0.2, 0.25) is 0 Å². The van der Waals surface area contributed by atoms with Crippen LogP contribution in [-0.2, 0) is 0 Å². The van der Waals surface area contributed by atoms with Crippen molar-refractivity contribution in [2.24, 2.45) is 0 Å². The summed E-state index contributed by atoms with van der Waals surface area (Å²) in [6.07, 6.45) is 0. The Kier molecular flexibility index (Phi) is 6.90. The molecule has 0 aromatic heterocycles. The first-order valence-electron chi connectivity index (χ1n) is 15.4. The Bertz CT molecular complexity index is 2230. The van der Waals surface area contributed by atoms with Gasteiger partial charge in [0.25, 0.3) is 0 Å². The van der Waals surface area contributed by atoms with Crippen LogP contribution in [0.1, 0.15) is 0 Å². The van der Waals surface area contributed by atoms with Crippen LogP contribution < -0.4 is 4.90 Å². The van der Waals surface area contributed by atoms with E-state index in [1.165, 1.54) is 54.9 Å². The van der Waals surface area contributed by atoms with Gasteiger partial charge in [0.15, 0.2) is 0 Å². The van der Waals surface area contributed by atoms with Gasteiger partial charge in [-0.1, -0.05) is 164 Å². The molecule has 1 nitrogen and oxygen atoms in total. The molecule has 0 atom stereocenters. The highest BCUT2D eigenvalue weighted by molar-refractivity contribution is 6.15. The molecule has 8 aromatic carbocycles. The number of rotatable bonds is 6. The second kappa shape index (κ2) is 11.6. The number of anilines is 3. The van der Waals surface area contributed by atoms with Crippen molar-refractivity contribution in [1.82, 2.24) is 0 Å². The smallest absolute Gasteiger partial charge is 0.0546 e. The third kappa shape index (κ3) is 5.05. The largest absolute Gasteiger partial charge is 0.309 e. The maximum Gasteiger partial charge on any atom is 0.0546 e. The maximum absolute atomic E-state index is 2.43. The van der Waals surface area contributed by atoms with E-state index in [2.05, 4.69) is 193 Å². The third-order valence-corrected chi connectivity index (χ3v) is 8.67. The highest BCUT2D eigenvalue weighted by atomic mass is 15.1. The quantitative estimate of drug-likeness (QED) is 0.179. The molecule has 0 amide bonds. The summed E-state index contributed by atoms with van der Waals surface area (Å²) in [5, 5.41) is 4.97. The molecule has 0 fully saturated rings. The van der Waals surface area contributed by atoms with Crippen LogP contribution in [0.3, 0.4) is 0 Å². The number of fused-ring (bicyclic) bond motifs is 3. The highest BCUT2D eigenvalue weighted by Crippen LogP contribution is 2.45. The molecule has 0 unspecified atom stereocenters. The van der Waals surface area contributed by atoms with E-state index in [4.69, 9.17) is 0 Å². The average molecular weight is 574 g/mol. The van der Waals surface area contributed by atoms with Gasteiger partial charge >= 0.3 is 0 Å². The van der Waals surface area contributed by atoms with Crippen molar-refractivity contribution in [2.75, 3.05) is 4.90 Å². The van der Waals surface area contributed by atoms with Crippen molar-refractivity contribution >= 4 is 38.6 Å². The Morgan fingerprint density at radius 1 is 0.289 bits per heavy atom. The predicted octanol–water partition coefficient (Wildman–Crippen LogP) is 12.5. The molecule has 0 N–H and O–H groups in total. The van der Waals surface area contributed by atoms with Crippen molar-refractivity contribution < 1.29 is 0 Å². The SMILES string of the molecule is c1ccc(-c2ccc(-c3ccc(N(c4ccccc4-c4ccccc4)c4cc5ccccc5c5ccccc45)cc3)cc2)cc1. The molecule has 0 saturated carbocycles. The Morgan fingerprint density at radius 2 is 0.756 bits per heavy atom. The Morgan fingerprint density at radius 3 is 1.42 bits per heavy atom.